The maximum Gasteiger partial charge on any atom is 0.164 e. The molecule has 0 aliphatic heterocycles. The first kappa shape index (κ1) is 27.5. The van der Waals surface area contributed by atoms with Gasteiger partial charge in [-0.1, -0.05) is 90.4 Å². The predicted molar refractivity (Wildman–Crippen MR) is 111 cm³/mol. The van der Waals surface area contributed by atoms with Crippen molar-refractivity contribution in [3.8, 4) is 0 Å². The molecule has 0 bridgehead atoms. The smallest absolute Gasteiger partial charge is 0.164 e. The van der Waals surface area contributed by atoms with Crippen molar-refractivity contribution in [2.75, 3.05) is 6.61 Å². The number of hydrogen-bond acceptors (Lipinski definition) is 6. The Morgan fingerprint density at radius 3 is 1.43 bits per heavy atom. The van der Waals surface area contributed by atoms with Crippen molar-refractivity contribution in [2.24, 2.45) is 0 Å². The van der Waals surface area contributed by atoms with Gasteiger partial charge in [0.05, 0.1) is 6.61 Å². The Morgan fingerprint density at radius 1 is 0.643 bits per heavy atom. The minimum atomic E-state index is -1.79. The highest BCUT2D eigenvalue weighted by atomic mass is 16.4. The molecule has 6 heteroatoms. The van der Waals surface area contributed by atoms with Crippen LogP contribution >= 0.6 is 0 Å². The van der Waals surface area contributed by atoms with Crippen molar-refractivity contribution in [1.82, 2.24) is 0 Å². The molecule has 0 saturated carbocycles. The zero-order chi connectivity index (χ0) is 21.2. The van der Waals surface area contributed by atoms with E-state index in [1.807, 2.05) is 0 Å². The van der Waals surface area contributed by atoms with Crippen molar-refractivity contribution in [1.29, 1.82) is 0 Å². The van der Waals surface area contributed by atoms with E-state index in [0.717, 1.165) is 19.3 Å². The van der Waals surface area contributed by atoms with Gasteiger partial charge in [0, 0.05) is 6.42 Å². The molecule has 0 radical (unpaired) electrons. The highest BCUT2D eigenvalue weighted by Crippen LogP contribution is 2.14. The summed E-state index contributed by atoms with van der Waals surface area (Å²) < 4.78 is 0. The molecule has 5 N–H and O–H groups in total. The molecule has 0 unspecified atom stereocenters. The first-order chi connectivity index (χ1) is 13.5. The highest BCUT2D eigenvalue weighted by molar-refractivity contribution is 5.83. The number of rotatable bonds is 20. The summed E-state index contributed by atoms with van der Waals surface area (Å²) in [4.78, 5) is 11.9. The molecule has 0 rings (SSSR count). The molecule has 0 aromatic carbocycles. The molecule has 0 amide bonds. The monoisotopic (exact) mass is 404 g/mol. The van der Waals surface area contributed by atoms with E-state index in [4.69, 9.17) is 5.11 Å². The number of aliphatic hydroxyl groups is 5. The normalized spacial score (nSPS) is 15.9. The van der Waals surface area contributed by atoms with E-state index in [9.17, 15) is 25.2 Å². The Hall–Kier alpha value is -0.530. The fourth-order valence-electron chi connectivity index (χ4n) is 3.35. The molecule has 0 heterocycles. The van der Waals surface area contributed by atoms with Gasteiger partial charge in [-0.2, -0.15) is 0 Å². The number of carbonyl (C=O) groups excluding carboxylic acids is 1. The molecule has 0 aliphatic rings. The quantitative estimate of drug-likeness (QED) is 0.199. The lowest BCUT2D eigenvalue weighted by atomic mass is 9.97. The Bertz CT molecular complexity index is 363. The van der Waals surface area contributed by atoms with Gasteiger partial charge in [-0.05, 0) is 6.42 Å². The van der Waals surface area contributed by atoms with Crippen molar-refractivity contribution in [3.05, 3.63) is 0 Å². The molecule has 4 atom stereocenters. The van der Waals surface area contributed by atoms with Crippen LogP contribution in [0.4, 0.5) is 0 Å². The maximum atomic E-state index is 11.9. The van der Waals surface area contributed by atoms with Gasteiger partial charge in [-0.15, -0.1) is 0 Å². The van der Waals surface area contributed by atoms with Gasteiger partial charge < -0.3 is 25.5 Å². The van der Waals surface area contributed by atoms with Gasteiger partial charge in [-0.25, -0.2) is 0 Å². The summed E-state index contributed by atoms with van der Waals surface area (Å²) in [6, 6.07) is 0. The zero-order valence-corrected chi connectivity index (χ0v) is 17.8. The summed E-state index contributed by atoms with van der Waals surface area (Å²) in [6.45, 7) is 1.49. The lowest BCUT2D eigenvalue weighted by Crippen LogP contribution is -2.48. The van der Waals surface area contributed by atoms with Crippen LogP contribution in [0.1, 0.15) is 103 Å². The van der Waals surface area contributed by atoms with Crippen LogP contribution in [0.2, 0.25) is 0 Å². The van der Waals surface area contributed by atoms with E-state index in [2.05, 4.69) is 6.92 Å². The van der Waals surface area contributed by atoms with Gasteiger partial charge >= 0.3 is 0 Å². The van der Waals surface area contributed by atoms with Gasteiger partial charge in [0.15, 0.2) is 5.78 Å². The summed E-state index contributed by atoms with van der Waals surface area (Å²) in [7, 11) is 0. The molecule has 168 valence electrons. The summed E-state index contributed by atoms with van der Waals surface area (Å²) in [5, 5.41) is 46.9. The van der Waals surface area contributed by atoms with E-state index in [1.54, 1.807) is 0 Å². The molecule has 0 spiro atoms. The van der Waals surface area contributed by atoms with E-state index < -0.39 is 36.8 Å². The lowest BCUT2D eigenvalue weighted by molar-refractivity contribution is -0.147. The fraction of sp³-hybridized carbons (Fsp3) is 0.955. The second-order valence-electron chi connectivity index (χ2n) is 7.99. The summed E-state index contributed by atoms with van der Waals surface area (Å²) >= 11 is 0. The molecule has 0 aromatic heterocycles. The van der Waals surface area contributed by atoms with Crippen LogP contribution in [0, 0.1) is 0 Å². The molecule has 0 saturated heterocycles. The Balaban J connectivity index is 3.54. The molecule has 28 heavy (non-hydrogen) atoms. The van der Waals surface area contributed by atoms with E-state index in [0.29, 0.717) is 6.42 Å². The van der Waals surface area contributed by atoms with E-state index in [1.165, 1.54) is 64.2 Å². The van der Waals surface area contributed by atoms with Crippen molar-refractivity contribution >= 4 is 5.78 Å². The Kier molecular flexibility index (Phi) is 18.1. The maximum absolute atomic E-state index is 11.9. The van der Waals surface area contributed by atoms with Crippen molar-refractivity contribution in [3.63, 3.8) is 0 Å². The number of unbranched alkanes of at least 4 members (excludes halogenated alkanes) is 13. The lowest BCUT2D eigenvalue weighted by Gasteiger charge is -2.24. The van der Waals surface area contributed by atoms with Crippen LogP contribution < -0.4 is 0 Å². The average molecular weight is 405 g/mol. The van der Waals surface area contributed by atoms with Gasteiger partial charge in [0.2, 0.25) is 0 Å². The summed E-state index contributed by atoms with van der Waals surface area (Å²) in [5.74, 6) is -0.546. The number of ketones is 1. The Labute approximate surface area is 171 Å². The molecule has 6 nitrogen and oxygen atoms in total. The van der Waals surface area contributed by atoms with Gasteiger partial charge in [0.25, 0.3) is 0 Å². The van der Waals surface area contributed by atoms with E-state index >= 15 is 0 Å². The van der Waals surface area contributed by atoms with Crippen LogP contribution in [0.5, 0.6) is 0 Å². The van der Waals surface area contributed by atoms with Crippen LogP contribution in [-0.2, 0) is 4.79 Å². The predicted octanol–water partition coefficient (Wildman–Crippen LogP) is 2.86. The van der Waals surface area contributed by atoms with Crippen LogP contribution in [0.15, 0.2) is 0 Å². The van der Waals surface area contributed by atoms with Crippen LogP contribution in [0.25, 0.3) is 0 Å². The van der Waals surface area contributed by atoms with Gasteiger partial charge in [-0.3, -0.25) is 4.79 Å². The summed E-state index contributed by atoms with van der Waals surface area (Å²) in [6.07, 6.45) is 10.3. The molecular formula is C22H44O6. The van der Waals surface area contributed by atoms with Crippen molar-refractivity contribution in [2.45, 2.75) is 128 Å². The zero-order valence-electron chi connectivity index (χ0n) is 17.8. The number of aliphatic hydroxyl groups excluding tert-OH is 5. The SMILES string of the molecule is CCCCCCCCCCCCCCCCC(=O)[C@H](O)[C@@H](O)[C@@H](O)[C@H](O)CO. The molecule has 0 aromatic rings. The highest BCUT2D eigenvalue weighted by Gasteiger charge is 2.33. The first-order valence-corrected chi connectivity index (χ1v) is 11.3. The minimum Gasteiger partial charge on any atom is -0.394 e. The second-order valence-corrected chi connectivity index (χ2v) is 7.99. The molecule has 0 fully saturated rings. The third-order valence-corrected chi connectivity index (χ3v) is 5.36. The molecule has 0 aliphatic carbocycles. The van der Waals surface area contributed by atoms with Crippen LogP contribution in [0.3, 0.4) is 0 Å². The third kappa shape index (κ3) is 13.6. The first-order valence-electron chi connectivity index (χ1n) is 11.3. The number of hydrogen-bond donors (Lipinski definition) is 5. The standard InChI is InChI=1S/C22H44O6/c1-2-3-4-5-6-7-8-9-10-11-12-13-14-15-16-18(24)20(26)22(28)21(27)19(25)17-23/h19-23,25-28H,2-17H2,1H3/t19-,20+,21+,22-/m1/s1. The number of Topliss-reactive ketones (excluding diaryl/α,β-unsaturated/α-hetero) is 1. The van der Waals surface area contributed by atoms with Crippen LogP contribution in [-0.4, -0.2) is 62.3 Å². The van der Waals surface area contributed by atoms with E-state index in [-0.39, 0.29) is 6.42 Å². The minimum absolute atomic E-state index is 0.137. The molecular weight excluding hydrogens is 360 g/mol. The average Bonchev–Trinajstić information content (AvgIpc) is 2.71. The Morgan fingerprint density at radius 2 is 1.04 bits per heavy atom. The van der Waals surface area contributed by atoms with Crippen molar-refractivity contribution < 1.29 is 30.3 Å². The number of carbonyl (C=O) groups is 1. The topological polar surface area (TPSA) is 118 Å². The largest absolute Gasteiger partial charge is 0.394 e. The third-order valence-electron chi connectivity index (χ3n) is 5.36. The second kappa shape index (κ2) is 18.5. The summed E-state index contributed by atoms with van der Waals surface area (Å²) in [5.41, 5.74) is 0. The fourth-order valence-corrected chi connectivity index (χ4v) is 3.35. The van der Waals surface area contributed by atoms with Gasteiger partial charge in [0.1, 0.15) is 24.4 Å².